The summed E-state index contributed by atoms with van der Waals surface area (Å²) >= 11 is 1.84. The third kappa shape index (κ3) is 4.10. The molecule has 1 atom stereocenters. The van der Waals surface area contributed by atoms with Gasteiger partial charge in [-0.15, -0.1) is 0 Å². The van der Waals surface area contributed by atoms with Crippen molar-refractivity contribution in [1.82, 2.24) is 14.7 Å². The lowest BCUT2D eigenvalue weighted by molar-refractivity contribution is -0.142. The Hall–Kier alpha value is -1.86. The van der Waals surface area contributed by atoms with E-state index in [0.717, 1.165) is 22.6 Å². The molecule has 2 aliphatic rings. The van der Waals surface area contributed by atoms with Crippen molar-refractivity contribution >= 4 is 29.5 Å². The topological polar surface area (TPSA) is 60.9 Å². The lowest BCUT2D eigenvalue weighted by atomic mass is 9.74. The van der Waals surface area contributed by atoms with Crippen molar-refractivity contribution in [2.45, 2.75) is 25.2 Å². The van der Waals surface area contributed by atoms with Gasteiger partial charge in [0.2, 0.25) is 17.7 Å². The Morgan fingerprint density at radius 1 is 1.18 bits per heavy atom. The summed E-state index contributed by atoms with van der Waals surface area (Å²) in [5, 5.41) is 0. The van der Waals surface area contributed by atoms with E-state index in [1.165, 1.54) is 4.90 Å². The zero-order chi connectivity index (χ0) is 20.3. The molecule has 7 heteroatoms. The van der Waals surface area contributed by atoms with Crippen LogP contribution in [0.3, 0.4) is 0 Å². The van der Waals surface area contributed by atoms with Crippen LogP contribution in [0.25, 0.3) is 0 Å². The average Bonchev–Trinajstić information content (AvgIpc) is 2.91. The molecular weight excluding hydrogens is 374 g/mol. The summed E-state index contributed by atoms with van der Waals surface area (Å²) in [7, 11) is 3.83. The molecule has 0 saturated carbocycles. The molecule has 0 bridgehead atoms. The number of likely N-dealkylation sites (N-methyl/N-ethyl adjacent to an activating group) is 1. The standard InChI is InChI=1S/C21H29N3O3S/c1-16-6-4-5-7-17(16)21(14-18(25)23-10-12-28-13-11-23)15-19(26)24(20(21)27)9-8-22(2)3/h4-7H,8-15H2,1-3H3. The summed E-state index contributed by atoms with van der Waals surface area (Å²) in [5.74, 6) is 1.40. The molecule has 3 amide bonds. The lowest BCUT2D eigenvalue weighted by Crippen LogP contribution is -2.46. The SMILES string of the molecule is Cc1ccccc1C1(CC(=O)N2CCSCC2)CC(=O)N(CCN(C)C)C1=O. The van der Waals surface area contributed by atoms with Crippen LogP contribution in [0.15, 0.2) is 24.3 Å². The molecule has 3 rings (SSSR count). The molecule has 2 heterocycles. The third-order valence-corrected chi connectivity index (χ3v) is 6.60. The Balaban J connectivity index is 1.94. The van der Waals surface area contributed by atoms with Crippen molar-refractivity contribution in [2.24, 2.45) is 0 Å². The first-order valence-electron chi connectivity index (χ1n) is 9.76. The van der Waals surface area contributed by atoms with Crippen LogP contribution in [0, 0.1) is 6.92 Å². The summed E-state index contributed by atoms with van der Waals surface area (Å²) in [4.78, 5) is 44.6. The average molecular weight is 404 g/mol. The normalized spacial score (nSPS) is 23.0. The van der Waals surface area contributed by atoms with Gasteiger partial charge in [-0.05, 0) is 32.1 Å². The molecule has 0 N–H and O–H groups in total. The van der Waals surface area contributed by atoms with Gasteiger partial charge in [-0.1, -0.05) is 24.3 Å². The van der Waals surface area contributed by atoms with E-state index in [0.29, 0.717) is 26.2 Å². The number of hydrogen-bond acceptors (Lipinski definition) is 5. The maximum absolute atomic E-state index is 13.5. The van der Waals surface area contributed by atoms with Gasteiger partial charge < -0.3 is 9.80 Å². The van der Waals surface area contributed by atoms with E-state index in [4.69, 9.17) is 0 Å². The van der Waals surface area contributed by atoms with E-state index in [9.17, 15) is 14.4 Å². The minimum Gasteiger partial charge on any atom is -0.341 e. The molecular formula is C21H29N3O3S. The van der Waals surface area contributed by atoms with E-state index in [1.807, 2.05) is 66.8 Å². The molecule has 152 valence electrons. The Morgan fingerprint density at radius 3 is 2.50 bits per heavy atom. The number of imide groups is 1. The Bertz CT molecular complexity index is 761. The fourth-order valence-electron chi connectivity index (χ4n) is 4.06. The van der Waals surface area contributed by atoms with Crippen molar-refractivity contribution in [3.63, 3.8) is 0 Å². The highest BCUT2D eigenvalue weighted by atomic mass is 32.2. The molecule has 6 nitrogen and oxygen atoms in total. The van der Waals surface area contributed by atoms with Gasteiger partial charge in [0, 0.05) is 50.5 Å². The number of aryl methyl sites for hydroxylation is 1. The van der Waals surface area contributed by atoms with E-state index >= 15 is 0 Å². The number of carbonyl (C=O) groups excluding carboxylic acids is 3. The van der Waals surface area contributed by atoms with Gasteiger partial charge >= 0.3 is 0 Å². The highest BCUT2D eigenvalue weighted by molar-refractivity contribution is 7.99. The van der Waals surface area contributed by atoms with E-state index in [2.05, 4.69) is 0 Å². The number of benzene rings is 1. The first-order valence-corrected chi connectivity index (χ1v) is 10.9. The smallest absolute Gasteiger partial charge is 0.240 e. The molecule has 2 saturated heterocycles. The van der Waals surface area contributed by atoms with E-state index in [1.54, 1.807) is 0 Å². The van der Waals surface area contributed by atoms with Crippen LogP contribution < -0.4 is 0 Å². The highest BCUT2D eigenvalue weighted by Gasteiger charge is 2.54. The molecule has 1 aromatic carbocycles. The van der Waals surface area contributed by atoms with E-state index < -0.39 is 5.41 Å². The van der Waals surface area contributed by atoms with Crippen LogP contribution in [0.4, 0.5) is 0 Å². The molecule has 28 heavy (non-hydrogen) atoms. The number of amides is 3. The second kappa shape index (κ2) is 8.66. The molecule has 2 fully saturated rings. The monoisotopic (exact) mass is 403 g/mol. The largest absolute Gasteiger partial charge is 0.341 e. The summed E-state index contributed by atoms with van der Waals surface area (Å²) in [6.07, 6.45) is 0.129. The molecule has 1 aromatic rings. The number of nitrogens with zero attached hydrogens (tertiary/aromatic N) is 3. The van der Waals surface area contributed by atoms with E-state index in [-0.39, 0.29) is 30.6 Å². The third-order valence-electron chi connectivity index (χ3n) is 5.66. The van der Waals surface area contributed by atoms with Gasteiger partial charge in [0.25, 0.3) is 0 Å². The summed E-state index contributed by atoms with van der Waals surface area (Å²) < 4.78 is 0. The first kappa shape index (κ1) is 20.9. The lowest BCUT2D eigenvalue weighted by Gasteiger charge is -2.33. The Kier molecular flexibility index (Phi) is 6.45. The summed E-state index contributed by atoms with van der Waals surface area (Å²) in [6.45, 7) is 4.32. The minimum atomic E-state index is -1.09. The highest BCUT2D eigenvalue weighted by Crippen LogP contribution is 2.41. The Labute approximate surface area is 171 Å². The van der Waals surface area contributed by atoms with Crippen LogP contribution >= 0.6 is 11.8 Å². The molecule has 1 unspecified atom stereocenters. The van der Waals surface area contributed by atoms with Gasteiger partial charge in [0.15, 0.2) is 0 Å². The fourth-order valence-corrected chi connectivity index (χ4v) is 4.97. The summed E-state index contributed by atoms with van der Waals surface area (Å²) in [6, 6.07) is 7.64. The van der Waals surface area contributed by atoms with Crippen molar-refractivity contribution in [1.29, 1.82) is 0 Å². The fraction of sp³-hybridized carbons (Fsp3) is 0.571. The Morgan fingerprint density at radius 2 is 1.86 bits per heavy atom. The zero-order valence-corrected chi connectivity index (χ0v) is 17.8. The van der Waals surface area contributed by atoms with Crippen molar-refractivity contribution in [3.05, 3.63) is 35.4 Å². The van der Waals surface area contributed by atoms with Crippen molar-refractivity contribution < 1.29 is 14.4 Å². The number of carbonyl (C=O) groups is 3. The van der Waals surface area contributed by atoms with Gasteiger partial charge in [0.05, 0.1) is 5.41 Å². The van der Waals surface area contributed by atoms with Gasteiger partial charge in [-0.3, -0.25) is 19.3 Å². The minimum absolute atomic E-state index is 0.0286. The summed E-state index contributed by atoms with van der Waals surface area (Å²) in [5.41, 5.74) is 0.664. The van der Waals surface area contributed by atoms with Crippen LogP contribution in [-0.4, -0.2) is 84.2 Å². The molecule has 0 aromatic heterocycles. The van der Waals surface area contributed by atoms with Gasteiger partial charge in [0.1, 0.15) is 0 Å². The van der Waals surface area contributed by atoms with Crippen LogP contribution in [0.5, 0.6) is 0 Å². The van der Waals surface area contributed by atoms with Crippen LogP contribution in [0.1, 0.15) is 24.0 Å². The van der Waals surface area contributed by atoms with Crippen molar-refractivity contribution in [3.8, 4) is 0 Å². The second-order valence-corrected chi connectivity index (χ2v) is 9.12. The maximum atomic E-state index is 13.5. The molecule has 0 aliphatic carbocycles. The van der Waals surface area contributed by atoms with Crippen LogP contribution in [-0.2, 0) is 19.8 Å². The number of hydrogen-bond donors (Lipinski definition) is 0. The maximum Gasteiger partial charge on any atom is 0.240 e. The predicted molar refractivity (Wildman–Crippen MR) is 111 cm³/mol. The number of likely N-dealkylation sites (tertiary alicyclic amines) is 1. The first-order chi connectivity index (χ1) is 13.3. The number of thioether (sulfide) groups is 1. The quantitative estimate of drug-likeness (QED) is 0.674. The van der Waals surface area contributed by atoms with Gasteiger partial charge in [-0.2, -0.15) is 11.8 Å². The predicted octanol–water partition coefficient (Wildman–Crippen LogP) is 1.52. The second-order valence-electron chi connectivity index (χ2n) is 7.90. The molecule has 2 aliphatic heterocycles. The van der Waals surface area contributed by atoms with Gasteiger partial charge in [-0.25, -0.2) is 0 Å². The zero-order valence-electron chi connectivity index (χ0n) is 16.9. The van der Waals surface area contributed by atoms with Crippen LogP contribution in [0.2, 0.25) is 0 Å². The molecule has 0 spiro atoms. The number of rotatable bonds is 6. The molecule has 0 radical (unpaired) electrons. The van der Waals surface area contributed by atoms with Crippen molar-refractivity contribution in [2.75, 3.05) is 51.8 Å².